The Hall–Kier alpha value is -3.02. The monoisotopic (exact) mass is 445 g/mol. The SMILES string of the molecule is NCCC(=O)NC1CCN(c2cc(-c3ccc(OC(F)(F)F)c(F)c3)ncn2)CC1F. The normalized spacial score (nSPS) is 19.2. The van der Waals surface area contributed by atoms with Crippen molar-refractivity contribution in [1.29, 1.82) is 0 Å². The number of piperidine rings is 1. The van der Waals surface area contributed by atoms with Crippen LogP contribution in [0.2, 0.25) is 0 Å². The number of carbonyl (C=O) groups excluding carboxylic acids is 1. The molecule has 1 aromatic heterocycles. The van der Waals surface area contributed by atoms with Gasteiger partial charge in [0.1, 0.15) is 18.3 Å². The average Bonchev–Trinajstić information content (AvgIpc) is 2.70. The van der Waals surface area contributed by atoms with E-state index in [-0.39, 0.29) is 36.7 Å². The van der Waals surface area contributed by atoms with Gasteiger partial charge in [0.15, 0.2) is 11.6 Å². The molecule has 7 nitrogen and oxygen atoms in total. The van der Waals surface area contributed by atoms with E-state index in [2.05, 4.69) is 20.0 Å². The highest BCUT2D eigenvalue weighted by Gasteiger charge is 2.33. The Morgan fingerprint density at radius 2 is 2.06 bits per heavy atom. The number of hydrogen-bond donors (Lipinski definition) is 2. The Kier molecular flexibility index (Phi) is 6.88. The van der Waals surface area contributed by atoms with E-state index in [1.54, 1.807) is 4.90 Å². The molecule has 2 heterocycles. The second-order valence-electron chi connectivity index (χ2n) is 6.92. The van der Waals surface area contributed by atoms with E-state index in [4.69, 9.17) is 5.73 Å². The molecule has 3 N–H and O–H groups in total. The summed E-state index contributed by atoms with van der Waals surface area (Å²) in [6.45, 7) is 0.545. The third-order valence-corrected chi connectivity index (χ3v) is 4.69. The first-order chi connectivity index (χ1) is 14.7. The topological polar surface area (TPSA) is 93.4 Å². The van der Waals surface area contributed by atoms with Crippen molar-refractivity contribution >= 4 is 11.7 Å². The number of amides is 1. The predicted molar refractivity (Wildman–Crippen MR) is 101 cm³/mol. The van der Waals surface area contributed by atoms with Gasteiger partial charge in [-0.2, -0.15) is 0 Å². The number of hydrogen-bond acceptors (Lipinski definition) is 6. The standard InChI is InChI=1S/C19H20F5N5O2/c20-12-7-11(1-2-16(12)31-19(22,23)24)15-8-17(27-10-26-15)29-6-4-14(13(21)9-29)28-18(30)3-5-25/h1-2,7-8,10,13-14H,3-6,9,25H2,(H,28,30). The van der Waals surface area contributed by atoms with E-state index in [0.29, 0.717) is 18.8 Å². The number of alkyl halides is 4. The van der Waals surface area contributed by atoms with Gasteiger partial charge in [-0.3, -0.25) is 4.79 Å². The minimum Gasteiger partial charge on any atom is -0.403 e. The second kappa shape index (κ2) is 9.41. The van der Waals surface area contributed by atoms with Gasteiger partial charge >= 0.3 is 6.36 Å². The van der Waals surface area contributed by atoms with Crippen molar-refractivity contribution in [2.24, 2.45) is 5.73 Å². The molecular weight excluding hydrogens is 425 g/mol. The molecule has 0 radical (unpaired) electrons. The summed E-state index contributed by atoms with van der Waals surface area (Å²) in [5.74, 6) is -2.10. The molecule has 1 saturated heterocycles. The fourth-order valence-corrected chi connectivity index (χ4v) is 3.23. The molecule has 2 unspecified atom stereocenters. The van der Waals surface area contributed by atoms with Crippen molar-refractivity contribution < 1.29 is 31.5 Å². The Morgan fingerprint density at radius 1 is 1.29 bits per heavy atom. The molecule has 0 spiro atoms. The van der Waals surface area contributed by atoms with Crippen LogP contribution < -0.4 is 20.7 Å². The van der Waals surface area contributed by atoms with Crippen LogP contribution in [0.15, 0.2) is 30.6 Å². The highest BCUT2D eigenvalue weighted by molar-refractivity contribution is 5.76. The zero-order valence-corrected chi connectivity index (χ0v) is 16.2. The van der Waals surface area contributed by atoms with Crippen LogP contribution in [0.4, 0.5) is 27.8 Å². The summed E-state index contributed by atoms with van der Waals surface area (Å²) < 4.78 is 69.1. The lowest BCUT2D eigenvalue weighted by atomic mass is 10.0. The van der Waals surface area contributed by atoms with E-state index >= 15 is 0 Å². The maximum atomic E-state index is 14.6. The summed E-state index contributed by atoms with van der Waals surface area (Å²) in [6.07, 6.45) is -4.69. The van der Waals surface area contributed by atoms with Crippen LogP contribution in [0.25, 0.3) is 11.3 Å². The van der Waals surface area contributed by atoms with E-state index in [0.717, 1.165) is 12.1 Å². The first-order valence-corrected chi connectivity index (χ1v) is 9.42. The lowest BCUT2D eigenvalue weighted by Crippen LogP contribution is -2.52. The molecule has 1 aromatic carbocycles. The lowest BCUT2D eigenvalue weighted by molar-refractivity contribution is -0.275. The number of nitrogens with two attached hydrogens (primary N) is 1. The minimum atomic E-state index is -5.01. The molecule has 0 aliphatic carbocycles. The average molecular weight is 445 g/mol. The first kappa shape index (κ1) is 22.7. The minimum absolute atomic E-state index is 0.0310. The van der Waals surface area contributed by atoms with Crippen molar-refractivity contribution in [3.05, 3.63) is 36.4 Å². The maximum Gasteiger partial charge on any atom is 0.573 e. The highest BCUT2D eigenvalue weighted by atomic mass is 19.4. The first-order valence-electron chi connectivity index (χ1n) is 9.42. The third kappa shape index (κ3) is 6.00. The number of anilines is 1. The third-order valence-electron chi connectivity index (χ3n) is 4.69. The molecule has 0 bridgehead atoms. The van der Waals surface area contributed by atoms with E-state index < -0.39 is 30.1 Å². The fourth-order valence-electron chi connectivity index (χ4n) is 3.23. The summed E-state index contributed by atoms with van der Waals surface area (Å²) in [5, 5.41) is 2.62. The summed E-state index contributed by atoms with van der Waals surface area (Å²) >= 11 is 0. The zero-order valence-electron chi connectivity index (χ0n) is 16.2. The molecule has 0 saturated carbocycles. The largest absolute Gasteiger partial charge is 0.573 e. The van der Waals surface area contributed by atoms with E-state index in [1.165, 1.54) is 18.5 Å². The van der Waals surface area contributed by atoms with Crippen molar-refractivity contribution in [2.45, 2.75) is 31.4 Å². The van der Waals surface area contributed by atoms with Crippen LogP contribution in [0.3, 0.4) is 0 Å². The number of halogens is 5. The molecule has 2 aromatic rings. The van der Waals surface area contributed by atoms with Gasteiger partial charge in [-0.25, -0.2) is 18.7 Å². The molecule has 1 aliphatic heterocycles. The lowest BCUT2D eigenvalue weighted by Gasteiger charge is -2.35. The van der Waals surface area contributed by atoms with Crippen molar-refractivity contribution in [1.82, 2.24) is 15.3 Å². The number of benzene rings is 1. The Morgan fingerprint density at radius 3 is 2.71 bits per heavy atom. The van der Waals surface area contributed by atoms with Crippen LogP contribution >= 0.6 is 0 Å². The van der Waals surface area contributed by atoms with Crippen molar-refractivity contribution in [3.63, 3.8) is 0 Å². The smallest absolute Gasteiger partial charge is 0.403 e. The summed E-state index contributed by atoms with van der Waals surface area (Å²) in [6, 6.07) is 3.80. The maximum absolute atomic E-state index is 14.6. The predicted octanol–water partition coefficient (Wildman–Crippen LogP) is 2.56. The van der Waals surface area contributed by atoms with Gasteiger partial charge in [0.2, 0.25) is 5.91 Å². The fraction of sp³-hybridized carbons (Fsp3) is 0.421. The zero-order chi connectivity index (χ0) is 22.6. The number of ether oxygens (including phenoxy) is 1. The Bertz CT molecular complexity index is 927. The summed E-state index contributed by atoms with van der Waals surface area (Å²) in [5.41, 5.74) is 5.77. The van der Waals surface area contributed by atoms with E-state index in [9.17, 15) is 26.7 Å². The highest BCUT2D eigenvalue weighted by Crippen LogP contribution is 2.30. The van der Waals surface area contributed by atoms with Crippen LogP contribution in [0, 0.1) is 5.82 Å². The number of aromatic nitrogens is 2. The van der Waals surface area contributed by atoms with E-state index in [1.807, 2.05) is 0 Å². The molecular formula is C19H20F5N5O2. The van der Waals surface area contributed by atoms with Gasteiger partial charge in [0.25, 0.3) is 0 Å². The molecule has 168 valence electrons. The number of nitrogens with zero attached hydrogens (tertiary/aromatic N) is 3. The van der Waals surface area contributed by atoms with Crippen molar-refractivity contribution in [3.8, 4) is 17.0 Å². The van der Waals surface area contributed by atoms with Crippen LogP contribution in [0.5, 0.6) is 5.75 Å². The van der Waals surface area contributed by atoms with Gasteiger partial charge in [0.05, 0.1) is 18.3 Å². The van der Waals surface area contributed by atoms with Gasteiger partial charge in [-0.05, 0) is 24.6 Å². The number of rotatable bonds is 6. The Balaban J connectivity index is 1.71. The van der Waals surface area contributed by atoms with Gasteiger partial charge in [0, 0.05) is 31.1 Å². The summed E-state index contributed by atoms with van der Waals surface area (Å²) in [7, 11) is 0. The van der Waals surface area contributed by atoms with Crippen molar-refractivity contribution in [2.75, 3.05) is 24.5 Å². The molecule has 1 aliphatic rings. The molecule has 1 amide bonds. The quantitative estimate of drug-likeness (QED) is 0.664. The van der Waals surface area contributed by atoms with Crippen LogP contribution in [-0.2, 0) is 4.79 Å². The summed E-state index contributed by atoms with van der Waals surface area (Å²) in [4.78, 5) is 21.4. The second-order valence-corrected chi connectivity index (χ2v) is 6.92. The van der Waals surface area contributed by atoms with Gasteiger partial charge in [-0.1, -0.05) is 0 Å². The Labute approximate surface area is 174 Å². The molecule has 12 heteroatoms. The van der Waals surface area contributed by atoms with Gasteiger partial charge in [-0.15, -0.1) is 13.2 Å². The number of nitrogens with one attached hydrogen (secondary N) is 1. The number of carbonyl (C=O) groups is 1. The molecule has 31 heavy (non-hydrogen) atoms. The van der Waals surface area contributed by atoms with Gasteiger partial charge < -0.3 is 20.7 Å². The van der Waals surface area contributed by atoms with Crippen LogP contribution in [0.1, 0.15) is 12.8 Å². The molecule has 1 fully saturated rings. The molecule has 3 rings (SSSR count). The molecule has 2 atom stereocenters. The van der Waals surface area contributed by atoms with Crippen LogP contribution in [-0.4, -0.2) is 54.1 Å².